The number of carbonyl (C=O) groups excluding carboxylic acids is 1. The van der Waals surface area contributed by atoms with Crippen LogP contribution in [0.1, 0.15) is 67.1 Å². The van der Waals surface area contributed by atoms with Crippen molar-refractivity contribution >= 4 is 38.7 Å². The average Bonchev–Trinajstić information content (AvgIpc) is 3.30. The van der Waals surface area contributed by atoms with Crippen LogP contribution in [-0.4, -0.2) is 33.9 Å². The third kappa shape index (κ3) is 3.89. The molecule has 0 bridgehead atoms. The number of carbonyl (C=O) groups is 1. The first-order valence-electron chi connectivity index (χ1n) is 13.4. The molecular formula is C33H31NO7. The average molecular weight is 554 g/mol. The number of aromatic amines is 1. The van der Waals surface area contributed by atoms with Crippen molar-refractivity contribution in [1.29, 1.82) is 0 Å². The number of H-pyrrole nitrogens is 1. The summed E-state index contributed by atoms with van der Waals surface area (Å²) in [5, 5.41) is 25.5. The van der Waals surface area contributed by atoms with Gasteiger partial charge in [-0.2, -0.15) is 0 Å². The van der Waals surface area contributed by atoms with Crippen molar-refractivity contribution < 1.29 is 28.9 Å². The Hall–Kier alpha value is -4.72. The highest BCUT2D eigenvalue weighted by Crippen LogP contribution is 2.57. The van der Waals surface area contributed by atoms with Crippen molar-refractivity contribution in [2.24, 2.45) is 0 Å². The molecule has 8 nitrogen and oxygen atoms in total. The number of rotatable bonds is 4. The molecule has 0 fully saturated rings. The topological polar surface area (TPSA) is 122 Å². The summed E-state index contributed by atoms with van der Waals surface area (Å²) in [4.78, 5) is 28.9. The molecule has 41 heavy (non-hydrogen) atoms. The molecule has 8 heteroatoms. The van der Waals surface area contributed by atoms with Gasteiger partial charge in [0.15, 0.2) is 0 Å². The van der Waals surface area contributed by atoms with Gasteiger partial charge in [-0.1, -0.05) is 38.1 Å². The Morgan fingerprint density at radius 2 is 1.83 bits per heavy atom. The lowest BCUT2D eigenvalue weighted by molar-refractivity contribution is 0.0588. The van der Waals surface area contributed by atoms with Gasteiger partial charge in [0.25, 0.3) is 0 Å². The van der Waals surface area contributed by atoms with E-state index in [0.29, 0.717) is 45.1 Å². The standard InChI is InChI=1S/C33H31NO7/c1-7-32(2,3)25-29-17(12-13-22(35)40-29)27(36)24-20(15-33(4,5)41-30(24)25)23-19(31(38)39-6)14-18-16-10-8-9-11-21(16)34-26(18)28(23)37/h7-14,20,34,36-37H,1,15H2,2-6H3/t20-/m0/s1. The first kappa shape index (κ1) is 26.5. The van der Waals surface area contributed by atoms with E-state index in [1.807, 2.05) is 52.0 Å². The van der Waals surface area contributed by atoms with Gasteiger partial charge in [0.05, 0.1) is 23.6 Å². The van der Waals surface area contributed by atoms with E-state index in [1.165, 1.54) is 19.2 Å². The number of esters is 1. The van der Waals surface area contributed by atoms with Crippen LogP contribution in [0.4, 0.5) is 0 Å². The Labute approximate surface area is 235 Å². The molecule has 210 valence electrons. The second-order valence-electron chi connectivity index (χ2n) is 11.8. The van der Waals surface area contributed by atoms with Crippen LogP contribution in [0.3, 0.4) is 0 Å². The summed E-state index contributed by atoms with van der Waals surface area (Å²) in [6.07, 6.45) is 2.03. The molecule has 0 unspecified atom stereocenters. The van der Waals surface area contributed by atoms with Crippen molar-refractivity contribution in [3.8, 4) is 17.2 Å². The first-order chi connectivity index (χ1) is 19.4. The minimum atomic E-state index is -0.811. The number of aromatic hydroxyl groups is 2. The largest absolute Gasteiger partial charge is 0.507 e. The lowest BCUT2D eigenvalue weighted by Gasteiger charge is -2.41. The lowest BCUT2D eigenvalue weighted by Crippen LogP contribution is -2.37. The van der Waals surface area contributed by atoms with Gasteiger partial charge in [-0.3, -0.25) is 0 Å². The second kappa shape index (κ2) is 8.89. The van der Waals surface area contributed by atoms with Crippen LogP contribution in [-0.2, 0) is 10.2 Å². The number of hydrogen-bond acceptors (Lipinski definition) is 7. The molecule has 2 aromatic heterocycles. The number of nitrogens with one attached hydrogen (secondary N) is 1. The van der Waals surface area contributed by atoms with Crippen molar-refractivity contribution in [2.45, 2.75) is 51.0 Å². The zero-order valence-electron chi connectivity index (χ0n) is 23.5. The summed E-state index contributed by atoms with van der Waals surface area (Å²) in [5.41, 5.74) is 0.742. The Morgan fingerprint density at radius 3 is 2.54 bits per heavy atom. The summed E-state index contributed by atoms with van der Waals surface area (Å²) < 4.78 is 17.4. The van der Waals surface area contributed by atoms with Crippen LogP contribution in [0.5, 0.6) is 17.2 Å². The van der Waals surface area contributed by atoms with E-state index < -0.39 is 28.5 Å². The minimum Gasteiger partial charge on any atom is -0.507 e. The van der Waals surface area contributed by atoms with Gasteiger partial charge >= 0.3 is 11.6 Å². The monoisotopic (exact) mass is 553 g/mol. The highest BCUT2D eigenvalue weighted by molar-refractivity contribution is 6.12. The predicted octanol–water partition coefficient (Wildman–Crippen LogP) is 6.78. The number of para-hydroxylation sites is 1. The van der Waals surface area contributed by atoms with Gasteiger partial charge in [0.2, 0.25) is 0 Å². The number of benzene rings is 3. The van der Waals surface area contributed by atoms with Crippen molar-refractivity contribution in [3.05, 3.63) is 87.8 Å². The number of allylic oxidation sites excluding steroid dienone is 1. The van der Waals surface area contributed by atoms with Crippen LogP contribution >= 0.6 is 0 Å². The fourth-order valence-corrected chi connectivity index (χ4v) is 6.17. The van der Waals surface area contributed by atoms with E-state index in [9.17, 15) is 19.8 Å². The van der Waals surface area contributed by atoms with Crippen LogP contribution in [0, 0.1) is 0 Å². The molecule has 3 aromatic carbocycles. The predicted molar refractivity (Wildman–Crippen MR) is 157 cm³/mol. The molecule has 1 aliphatic rings. The van der Waals surface area contributed by atoms with Gasteiger partial charge in [-0.15, -0.1) is 6.58 Å². The number of phenols is 2. The molecule has 3 N–H and O–H groups in total. The van der Waals surface area contributed by atoms with E-state index in [4.69, 9.17) is 13.9 Å². The summed E-state index contributed by atoms with van der Waals surface area (Å²) in [5.74, 6) is -1.27. The van der Waals surface area contributed by atoms with Gasteiger partial charge < -0.3 is 29.1 Å². The molecule has 5 aromatic rings. The number of methoxy groups -OCH3 is 1. The third-order valence-electron chi connectivity index (χ3n) is 8.19. The smallest absolute Gasteiger partial charge is 0.338 e. The second-order valence-corrected chi connectivity index (χ2v) is 11.8. The van der Waals surface area contributed by atoms with E-state index in [-0.39, 0.29) is 22.6 Å². The number of ether oxygens (including phenoxy) is 2. The highest BCUT2D eigenvalue weighted by atomic mass is 16.5. The van der Waals surface area contributed by atoms with Gasteiger partial charge in [0, 0.05) is 50.4 Å². The Morgan fingerprint density at radius 1 is 1.10 bits per heavy atom. The van der Waals surface area contributed by atoms with E-state index in [2.05, 4.69) is 11.6 Å². The molecule has 6 rings (SSSR count). The molecule has 0 aliphatic carbocycles. The number of phenolic OH excluding ortho intramolecular Hbond substituents is 2. The summed E-state index contributed by atoms with van der Waals surface area (Å²) in [7, 11) is 1.29. The number of hydrogen-bond donors (Lipinski definition) is 3. The molecule has 1 aliphatic heterocycles. The van der Waals surface area contributed by atoms with Crippen LogP contribution in [0.2, 0.25) is 0 Å². The van der Waals surface area contributed by atoms with E-state index in [1.54, 1.807) is 12.1 Å². The molecule has 3 heterocycles. The molecule has 0 saturated heterocycles. The third-order valence-corrected chi connectivity index (χ3v) is 8.19. The minimum absolute atomic E-state index is 0.114. The summed E-state index contributed by atoms with van der Waals surface area (Å²) in [6.45, 7) is 11.6. The zero-order valence-corrected chi connectivity index (χ0v) is 23.5. The first-order valence-corrected chi connectivity index (χ1v) is 13.4. The SMILES string of the molecule is C=CC(C)(C)c1c2c(c(O)c3ccc(=O)oc13)[C@H](c1c(C(=O)OC)cc3c([nH]c4ccccc43)c1O)CC(C)(C)O2. The molecule has 0 saturated carbocycles. The summed E-state index contributed by atoms with van der Waals surface area (Å²) in [6, 6.07) is 12.1. The zero-order chi connectivity index (χ0) is 29.4. The molecule has 0 radical (unpaired) electrons. The van der Waals surface area contributed by atoms with E-state index >= 15 is 0 Å². The maximum atomic E-state index is 13.3. The van der Waals surface area contributed by atoms with E-state index in [0.717, 1.165) is 10.9 Å². The Kier molecular flexibility index (Phi) is 5.75. The highest BCUT2D eigenvalue weighted by Gasteiger charge is 2.44. The van der Waals surface area contributed by atoms with Crippen LogP contribution in [0.15, 0.2) is 64.3 Å². The fourth-order valence-electron chi connectivity index (χ4n) is 6.17. The molecule has 0 spiro atoms. The van der Waals surface area contributed by atoms with Crippen LogP contribution < -0.4 is 10.4 Å². The van der Waals surface area contributed by atoms with Crippen molar-refractivity contribution in [2.75, 3.05) is 7.11 Å². The number of fused-ring (bicyclic) bond motifs is 5. The fraction of sp³-hybridized carbons (Fsp3) is 0.273. The molecular weight excluding hydrogens is 522 g/mol. The van der Waals surface area contributed by atoms with Gasteiger partial charge in [0.1, 0.15) is 28.4 Å². The molecule has 0 amide bonds. The Bertz CT molecular complexity index is 1980. The van der Waals surface area contributed by atoms with Gasteiger partial charge in [-0.05, 0) is 38.5 Å². The quantitative estimate of drug-likeness (QED) is 0.127. The number of aromatic nitrogens is 1. The Balaban J connectivity index is 1.78. The normalized spacial score (nSPS) is 16.5. The van der Waals surface area contributed by atoms with Crippen LogP contribution in [0.25, 0.3) is 32.8 Å². The summed E-state index contributed by atoms with van der Waals surface area (Å²) >= 11 is 0. The van der Waals surface area contributed by atoms with Crippen molar-refractivity contribution in [3.63, 3.8) is 0 Å². The lowest BCUT2D eigenvalue weighted by atomic mass is 9.73. The molecule has 1 atom stereocenters. The maximum Gasteiger partial charge on any atom is 0.338 e. The van der Waals surface area contributed by atoms with Gasteiger partial charge in [-0.25, -0.2) is 9.59 Å². The van der Waals surface area contributed by atoms with Crippen molar-refractivity contribution in [1.82, 2.24) is 4.98 Å². The maximum absolute atomic E-state index is 13.3.